The van der Waals surface area contributed by atoms with Crippen LogP contribution in [0.15, 0.2) is 30.5 Å². The van der Waals surface area contributed by atoms with Crippen molar-refractivity contribution in [2.75, 3.05) is 12.4 Å². The maximum atomic E-state index is 11.9. The van der Waals surface area contributed by atoms with Gasteiger partial charge in [-0.05, 0) is 12.1 Å². The van der Waals surface area contributed by atoms with Crippen molar-refractivity contribution >= 4 is 11.7 Å². The fourth-order valence-corrected chi connectivity index (χ4v) is 1.51. The number of aryl methyl sites for hydroxylation is 1. The summed E-state index contributed by atoms with van der Waals surface area (Å²) in [6.07, 6.45) is 1.57. The molecule has 0 aliphatic carbocycles. The first-order valence-corrected chi connectivity index (χ1v) is 5.28. The normalized spacial score (nSPS) is 10.1. The molecule has 1 aromatic carbocycles. The van der Waals surface area contributed by atoms with Gasteiger partial charge >= 0.3 is 0 Å². The number of phenolic OH excluding ortho intramolecular Hbond substituents is 1. The molecule has 6 heteroatoms. The summed E-state index contributed by atoms with van der Waals surface area (Å²) in [5.41, 5.74) is 0.178. The van der Waals surface area contributed by atoms with Gasteiger partial charge in [-0.15, -0.1) is 0 Å². The van der Waals surface area contributed by atoms with E-state index in [1.165, 1.54) is 23.9 Å². The highest BCUT2D eigenvalue weighted by Gasteiger charge is 2.13. The van der Waals surface area contributed by atoms with E-state index < -0.39 is 5.91 Å². The van der Waals surface area contributed by atoms with Gasteiger partial charge in [-0.25, -0.2) is 0 Å². The number of anilines is 1. The van der Waals surface area contributed by atoms with Gasteiger partial charge in [-0.3, -0.25) is 9.48 Å². The molecule has 18 heavy (non-hydrogen) atoms. The van der Waals surface area contributed by atoms with Crippen molar-refractivity contribution in [3.8, 4) is 11.5 Å². The summed E-state index contributed by atoms with van der Waals surface area (Å²) in [4.78, 5) is 11.9. The minimum atomic E-state index is -0.404. The van der Waals surface area contributed by atoms with Gasteiger partial charge in [0.15, 0.2) is 0 Å². The second-order valence-corrected chi connectivity index (χ2v) is 3.68. The van der Waals surface area contributed by atoms with Gasteiger partial charge in [0.1, 0.15) is 17.3 Å². The Kier molecular flexibility index (Phi) is 3.18. The number of nitrogens with one attached hydrogen (secondary N) is 1. The molecule has 0 aliphatic heterocycles. The minimum absolute atomic E-state index is 0.131. The zero-order valence-electron chi connectivity index (χ0n) is 10.0. The van der Waals surface area contributed by atoms with E-state index in [-0.39, 0.29) is 11.3 Å². The van der Waals surface area contributed by atoms with E-state index in [1.807, 2.05) is 0 Å². The number of aromatic nitrogens is 2. The lowest BCUT2D eigenvalue weighted by Crippen LogP contribution is -2.14. The largest absolute Gasteiger partial charge is 0.507 e. The second-order valence-electron chi connectivity index (χ2n) is 3.68. The number of benzene rings is 1. The average Bonchev–Trinajstić information content (AvgIpc) is 2.74. The van der Waals surface area contributed by atoms with Crippen molar-refractivity contribution in [3.05, 3.63) is 36.0 Å². The lowest BCUT2D eigenvalue weighted by Gasteiger charge is -2.08. The van der Waals surface area contributed by atoms with Gasteiger partial charge < -0.3 is 15.2 Å². The van der Waals surface area contributed by atoms with Crippen molar-refractivity contribution < 1.29 is 14.6 Å². The van der Waals surface area contributed by atoms with E-state index in [1.54, 1.807) is 25.4 Å². The Balaban J connectivity index is 2.22. The van der Waals surface area contributed by atoms with Crippen molar-refractivity contribution in [2.24, 2.45) is 7.05 Å². The van der Waals surface area contributed by atoms with Gasteiger partial charge in [0, 0.05) is 19.2 Å². The number of hydrogen-bond donors (Lipinski definition) is 2. The van der Waals surface area contributed by atoms with Gasteiger partial charge in [-0.2, -0.15) is 5.10 Å². The summed E-state index contributed by atoms with van der Waals surface area (Å²) in [7, 11) is 3.20. The highest BCUT2D eigenvalue weighted by molar-refractivity contribution is 6.05. The van der Waals surface area contributed by atoms with Crippen molar-refractivity contribution in [3.63, 3.8) is 0 Å². The molecule has 6 nitrogen and oxygen atoms in total. The average molecular weight is 247 g/mol. The van der Waals surface area contributed by atoms with Crippen LogP contribution < -0.4 is 10.1 Å². The third kappa shape index (κ3) is 2.27. The molecule has 0 aliphatic rings. The number of aromatic hydroxyl groups is 1. The monoisotopic (exact) mass is 247 g/mol. The summed E-state index contributed by atoms with van der Waals surface area (Å²) in [5, 5.41) is 16.3. The fraction of sp³-hybridized carbons (Fsp3) is 0.167. The predicted molar refractivity (Wildman–Crippen MR) is 65.8 cm³/mol. The minimum Gasteiger partial charge on any atom is -0.507 e. The Morgan fingerprint density at radius 1 is 1.44 bits per heavy atom. The van der Waals surface area contributed by atoms with E-state index >= 15 is 0 Å². The first kappa shape index (κ1) is 12.0. The molecule has 0 bridgehead atoms. The van der Waals surface area contributed by atoms with Crippen LogP contribution in [0.25, 0.3) is 0 Å². The third-order valence-electron chi connectivity index (χ3n) is 2.51. The number of hydrogen-bond acceptors (Lipinski definition) is 4. The van der Waals surface area contributed by atoms with E-state index in [0.717, 1.165) is 0 Å². The number of methoxy groups -OCH3 is 1. The summed E-state index contributed by atoms with van der Waals surface area (Å²) < 4.78 is 6.48. The molecular formula is C12H13N3O3. The van der Waals surface area contributed by atoms with E-state index in [2.05, 4.69) is 10.4 Å². The van der Waals surface area contributed by atoms with Crippen LogP contribution in [0.1, 0.15) is 10.4 Å². The molecule has 2 rings (SSSR count). The van der Waals surface area contributed by atoms with Gasteiger partial charge in [-0.1, -0.05) is 0 Å². The Bertz CT molecular complexity index is 578. The summed E-state index contributed by atoms with van der Waals surface area (Å²) in [6.45, 7) is 0. The Morgan fingerprint density at radius 3 is 2.78 bits per heavy atom. The maximum Gasteiger partial charge on any atom is 0.260 e. The molecule has 1 amide bonds. The Morgan fingerprint density at radius 2 is 2.22 bits per heavy atom. The number of amides is 1. The lowest BCUT2D eigenvalue weighted by molar-refractivity contribution is 0.102. The van der Waals surface area contributed by atoms with E-state index in [9.17, 15) is 9.90 Å². The van der Waals surface area contributed by atoms with Crippen LogP contribution in [0.4, 0.5) is 5.82 Å². The molecular weight excluding hydrogens is 234 g/mol. The quantitative estimate of drug-likeness (QED) is 0.859. The molecule has 0 radical (unpaired) electrons. The number of carbonyl (C=O) groups is 1. The van der Waals surface area contributed by atoms with Crippen LogP contribution in [0.5, 0.6) is 11.5 Å². The molecule has 0 fully saturated rings. The SMILES string of the molecule is COc1ccc(C(=O)Nc2ccnn2C)c(O)c1. The molecule has 0 saturated carbocycles. The van der Waals surface area contributed by atoms with Crippen LogP contribution in [-0.4, -0.2) is 27.9 Å². The van der Waals surface area contributed by atoms with Gasteiger partial charge in [0.05, 0.1) is 18.9 Å². The van der Waals surface area contributed by atoms with Crippen molar-refractivity contribution in [1.29, 1.82) is 0 Å². The zero-order valence-corrected chi connectivity index (χ0v) is 10.0. The molecule has 1 aromatic heterocycles. The fourth-order valence-electron chi connectivity index (χ4n) is 1.51. The van der Waals surface area contributed by atoms with Gasteiger partial charge in [0.2, 0.25) is 0 Å². The van der Waals surface area contributed by atoms with Crippen molar-refractivity contribution in [1.82, 2.24) is 9.78 Å². The number of phenols is 1. The molecule has 2 aromatic rings. The topological polar surface area (TPSA) is 76.4 Å². The lowest BCUT2D eigenvalue weighted by atomic mass is 10.2. The number of carbonyl (C=O) groups excluding carboxylic acids is 1. The molecule has 0 unspecified atom stereocenters. The summed E-state index contributed by atoms with van der Waals surface area (Å²) >= 11 is 0. The van der Waals surface area contributed by atoms with Gasteiger partial charge in [0.25, 0.3) is 5.91 Å². The number of nitrogens with zero attached hydrogens (tertiary/aromatic N) is 2. The van der Waals surface area contributed by atoms with Crippen molar-refractivity contribution in [2.45, 2.75) is 0 Å². The smallest absolute Gasteiger partial charge is 0.260 e. The van der Waals surface area contributed by atoms with Crippen LogP contribution in [-0.2, 0) is 7.05 Å². The first-order valence-electron chi connectivity index (χ1n) is 5.28. The Labute approximate surface area is 104 Å². The first-order chi connectivity index (χ1) is 8.61. The highest BCUT2D eigenvalue weighted by Crippen LogP contribution is 2.24. The summed E-state index contributed by atoms with van der Waals surface area (Å²) in [5.74, 6) is 0.507. The van der Waals surface area contributed by atoms with Crippen LogP contribution in [0.2, 0.25) is 0 Å². The molecule has 94 valence electrons. The molecule has 0 saturated heterocycles. The predicted octanol–water partition coefficient (Wildman–Crippen LogP) is 1.39. The molecule has 1 heterocycles. The van der Waals surface area contributed by atoms with E-state index in [0.29, 0.717) is 11.6 Å². The maximum absolute atomic E-state index is 11.9. The van der Waals surface area contributed by atoms with E-state index in [4.69, 9.17) is 4.74 Å². The number of rotatable bonds is 3. The standard InChI is InChI=1S/C12H13N3O3/c1-15-11(5-6-13-15)14-12(17)9-4-3-8(18-2)7-10(9)16/h3-7,16H,1-2H3,(H,14,17). The van der Waals surface area contributed by atoms with Crippen LogP contribution in [0.3, 0.4) is 0 Å². The third-order valence-corrected chi connectivity index (χ3v) is 2.51. The molecule has 0 atom stereocenters. The Hall–Kier alpha value is -2.50. The number of ether oxygens (including phenoxy) is 1. The van der Waals surface area contributed by atoms with Crippen LogP contribution >= 0.6 is 0 Å². The second kappa shape index (κ2) is 4.79. The molecule has 0 spiro atoms. The van der Waals surface area contributed by atoms with Crippen LogP contribution in [0, 0.1) is 0 Å². The summed E-state index contributed by atoms with van der Waals surface area (Å²) in [6, 6.07) is 6.16. The zero-order chi connectivity index (χ0) is 13.1. The highest BCUT2D eigenvalue weighted by atomic mass is 16.5. The molecule has 2 N–H and O–H groups in total.